The number of hydrogen-bond donors (Lipinski definition) is 1. The van der Waals surface area contributed by atoms with Crippen molar-refractivity contribution in [1.29, 1.82) is 0 Å². The average Bonchev–Trinajstić information content (AvgIpc) is 2.84. The summed E-state index contributed by atoms with van der Waals surface area (Å²) in [6, 6.07) is 10.2. The maximum absolute atomic E-state index is 13.4. The number of methoxy groups -OCH3 is 1. The van der Waals surface area contributed by atoms with E-state index in [-0.39, 0.29) is 23.8 Å². The normalized spacial score (nSPS) is 15.6. The molecule has 0 spiro atoms. The number of amides is 2. The van der Waals surface area contributed by atoms with Gasteiger partial charge in [0.2, 0.25) is 0 Å². The van der Waals surface area contributed by atoms with Crippen LogP contribution in [0.1, 0.15) is 11.1 Å². The van der Waals surface area contributed by atoms with E-state index in [0.29, 0.717) is 11.1 Å². The highest BCUT2D eigenvalue weighted by molar-refractivity contribution is 6.09. The van der Waals surface area contributed by atoms with Crippen molar-refractivity contribution in [3.8, 4) is 11.5 Å². The van der Waals surface area contributed by atoms with Gasteiger partial charge < -0.3 is 14.6 Å². The molecule has 0 saturated carbocycles. The molecule has 2 aromatic carbocycles. The van der Waals surface area contributed by atoms with Crippen LogP contribution in [-0.2, 0) is 16.1 Å². The summed E-state index contributed by atoms with van der Waals surface area (Å²) in [5, 5.41) is 9.46. The van der Waals surface area contributed by atoms with E-state index in [1.165, 1.54) is 43.5 Å². The van der Waals surface area contributed by atoms with E-state index < -0.39 is 17.8 Å². The van der Waals surface area contributed by atoms with E-state index in [4.69, 9.17) is 9.47 Å². The molecule has 0 unspecified atom stereocenters. The molecule has 128 valence electrons. The first-order valence-corrected chi connectivity index (χ1v) is 7.35. The monoisotopic (exact) mass is 343 g/mol. The molecule has 2 aromatic rings. The molecular formula is C18H14FNO5. The number of cyclic esters (lactones) is 1. The Hall–Kier alpha value is -3.35. The van der Waals surface area contributed by atoms with Crippen LogP contribution in [0.15, 0.2) is 48.2 Å². The fourth-order valence-corrected chi connectivity index (χ4v) is 2.39. The van der Waals surface area contributed by atoms with Gasteiger partial charge in [0, 0.05) is 0 Å². The van der Waals surface area contributed by atoms with Gasteiger partial charge in [0.05, 0.1) is 13.7 Å². The largest absolute Gasteiger partial charge is 0.508 e. The van der Waals surface area contributed by atoms with Gasteiger partial charge in [-0.25, -0.2) is 14.1 Å². The Labute approximate surface area is 142 Å². The lowest BCUT2D eigenvalue weighted by Gasteiger charge is -2.10. The summed E-state index contributed by atoms with van der Waals surface area (Å²) in [7, 11) is 1.33. The van der Waals surface area contributed by atoms with Gasteiger partial charge in [0.1, 0.15) is 5.75 Å². The molecule has 0 atom stereocenters. The van der Waals surface area contributed by atoms with Gasteiger partial charge in [-0.1, -0.05) is 18.2 Å². The van der Waals surface area contributed by atoms with E-state index in [9.17, 15) is 19.1 Å². The van der Waals surface area contributed by atoms with Crippen molar-refractivity contribution >= 4 is 18.1 Å². The molecule has 1 fully saturated rings. The topological polar surface area (TPSA) is 76.1 Å². The summed E-state index contributed by atoms with van der Waals surface area (Å²) in [6.07, 6.45) is 0.527. The minimum atomic E-state index is -0.811. The van der Waals surface area contributed by atoms with Crippen molar-refractivity contribution < 1.29 is 28.6 Å². The first kappa shape index (κ1) is 16.5. The Morgan fingerprint density at radius 3 is 2.76 bits per heavy atom. The minimum absolute atomic E-state index is 0.0164. The number of hydrogen-bond acceptors (Lipinski definition) is 5. The number of phenolic OH excluding ortho intramolecular Hbond substituents is 1. The fourth-order valence-electron chi connectivity index (χ4n) is 2.39. The van der Waals surface area contributed by atoms with Gasteiger partial charge in [-0.05, 0) is 41.5 Å². The van der Waals surface area contributed by atoms with Crippen LogP contribution < -0.4 is 4.74 Å². The van der Waals surface area contributed by atoms with E-state index in [1.807, 2.05) is 0 Å². The molecule has 1 saturated heterocycles. The highest BCUT2D eigenvalue weighted by Gasteiger charge is 2.36. The Balaban J connectivity index is 1.83. The lowest BCUT2D eigenvalue weighted by atomic mass is 10.1. The quantitative estimate of drug-likeness (QED) is 0.864. The lowest BCUT2D eigenvalue weighted by molar-refractivity contribution is -0.123. The summed E-state index contributed by atoms with van der Waals surface area (Å²) in [5.74, 6) is -1.27. The predicted molar refractivity (Wildman–Crippen MR) is 86.1 cm³/mol. The van der Waals surface area contributed by atoms with Crippen LogP contribution in [0.4, 0.5) is 9.18 Å². The third-order valence-corrected chi connectivity index (χ3v) is 3.60. The first-order valence-electron chi connectivity index (χ1n) is 7.35. The molecule has 2 amide bonds. The highest BCUT2D eigenvalue weighted by Crippen LogP contribution is 2.25. The molecule has 0 aromatic heterocycles. The maximum atomic E-state index is 13.4. The van der Waals surface area contributed by atoms with Gasteiger partial charge in [0.25, 0.3) is 5.91 Å². The Morgan fingerprint density at radius 2 is 2.04 bits per heavy atom. The standard InChI is InChI=1S/C18H14FNO5/c1-24-15-8-11(5-6-14(15)19)9-16-17(22)20(18(23)25-16)10-12-3-2-4-13(21)7-12/h2-9,21H,10H2,1H3/b16-9-. The van der Waals surface area contributed by atoms with Crippen LogP contribution in [0.2, 0.25) is 0 Å². The van der Waals surface area contributed by atoms with Crippen molar-refractivity contribution in [3.05, 3.63) is 65.2 Å². The zero-order chi connectivity index (χ0) is 18.0. The van der Waals surface area contributed by atoms with E-state index >= 15 is 0 Å². The number of benzene rings is 2. The van der Waals surface area contributed by atoms with Crippen LogP contribution in [0.25, 0.3) is 6.08 Å². The van der Waals surface area contributed by atoms with Gasteiger partial charge in [0.15, 0.2) is 17.3 Å². The van der Waals surface area contributed by atoms with Gasteiger partial charge >= 0.3 is 6.09 Å². The summed E-state index contributed by atoms with van der Waals surface area (Å²) in [6.45, 7) is -0.0316. The molecule has 1 aliphatic rings. The van der Waals surface area contributed by atoms with Gasteiger partial charge in [-0.15, -0.1) is 0 Å². The Morgan fingerprint density at radius 1 is 1.24 bits per heavy atom. The van der Waals surface area contributed by atoms with Crippen LogP contribution in [0.3, 0.4) is 0 Å². The number of phenols is 1. The third kappa shape index (κ3) is 3.45. The van der Waals surface area contributed by atoms with Crippen molar-refractivity contribution in [2.45, 2.75) is 6.54 Å². The number of carbonyl (C=O) groups is 2. The van der Waals surface area contributed by atoms with Crippen LogP contribution >= 0.6 is 0 Å². The highest BCUT2D eigenvalue weighted by atomic mass is 19.1. The number of rotatable bonds is 4. The summed E-state index contributed by atoms with van der Waals surface area (Å²) < 4.78 is 23.3. The zero-order valence-corrected chi connectivity index (χ0v) is 13.2. The Bertz CT molecular complexity index is 878. The number of carbonyl (C=O) groups excluding carboxylic acids is 2. The first-order chi connectivity index (χ1) is 12.0. The zero-order valence-electron chi connectivity index (χ0n) is 13.2. The number of halogens is 1. The molecule has 1 N–H and O–H groups in total. The third-order valence-electron chi connectivity index (χ3n) is 3.60. The smallest absolute Gasteiger partial charge is 0.422 e. The summed E-state index contributed by atoms with van der Waals surface area (Å²) in [4.78, 5) is 25.2. The molecular weight excluding hydrogens is 329 g/mol. The summed E-state index contributed by atoms with van der Waals surface area (Å²) in [5.41, 5.74) is 1.03. The van der Waals surface area contributed by atoms with Gasteiger partial charge in [-0.3, -0.25) is 4.79 Å². The molecule has 6 nitrogen and oxygen atoms in total. The van der Waals surface area contributed by atoms with Crippen LogP contribution in [0.5, 0.6) is 11.5 Å². The molecule has 1 heterocycles. The average molecular weight is 343 g/mol. The Kier molecular flexibility index (Phi) is 4.38. The summed E-state index contributed by atoms with van der Waals surface area (Å²) >= 11 is 0. The fraction of sp³-hybridized carbons (Fsp3) is 0.111. The second-order valence-electron chi connectivity index (χ2n) is 5.33. The molecule has 25 heavy (non-hydrogen) atoms. The number of aromatic hydroxyl groups is 1. The number of nitrogens with zero attached hydrogens (tertiary/aromatic N) is 1. The maximum Gasteiger partial charge on any atom is 0.422 e. The molecule has 0 radical (unpaired) electrons. The molecule has 7 heteroatoms. The van der Waals surface area contributed by atoms with Crippen LogP contribution in [0, 0.1) is 5.82 Å². The lowest BCUT2D eigenvalue weighted by Crippen LogP contribution is -2.28. The molecule has 0 aliphatic carbocycles. The van der Waals surface area contributed by atoms with E-state index in [2.05, 4.69) is 0 Å². The van der Waals surface area contributed by atoms with Crippen molar-refractivity contribution in [3.63, 3.8) is 0 Å². The molecule has 1 aliphatic heterocycles. The predicted octanol–water partition coefficient (Wildman–Crippen LogP) is 3.06. The van der Waals surface area contributed by atoms with Crippen molar-refractivity contribution in [2.75, 3.05) is 7.11 Å². The van der Waals surface area contributed by atoms with Gasteiger partial charge in [-0.2, -0.15) is 0 Å². The molecule has 0 bridgehead atoms. The van der Waals surface area contributed by atoms with E-state index in [1.54, 1.807) is 12.1 Å². The number of imide groups is 1. The number of ether oxygens (including phenoxy) is 2. The minimum Gasteiger partial charge on any atom is -0.508 e. The van der Waals surface area contributed by atoms with Crippen LogP contribution in [-0.4, -0.2) is 29.1 Å². The second-order valence-corrected chi connectivity index (χ2v) is 5.33. The van der Waals surface area contributed by atoms with Crippen molar-refractivity contribution in [1.82, 2.24) is 4.90 Å². The SMILES string of the molecule is COc1cc(/C=C2\OC(=O)N(Cc3cccc(O)c3)C2=O)ccc1F. The molecule has 3 rings (SSSR count). The second kappa shape index (κ2) is 6.64. The van der Waals surface area contributed by atoms with E-state index in [0.717, 1.165) is 4.90 Å². The van der Waals surface area contributed by atoms with Crippen molar-refractivity contribution in [2.24, 2.45) is 0 Å².